The predicted octanol–water partition coefficient (Wildman–Crippen LogP) is 4.19. The number of hydrogen-bond donors (Lipinski definition) is 0. The zero-order chi connectivity index (χ0) is 18.7. The molecule has 0 bridgehead atoms. The Bertz CT molecular complexity index is 1020. The zero-order valence-electron chi connectivity index (χ0n) is 16.6. The standard InChI is InChI=1S/C21H21N2/c1-14-10-11-15-16-8-7-12-22-20(16)21(2,3)19(15)18(14)17-9-5-6-13-23(17)4/h5-13H,1-4H3/q+1/i2D3. The van der Waals surface area contributed by atoms with Crippen LogP contribution in [0.3, 0.4) is 0 Å². The van der Waals surface area contributed by atoms with Crippen LogP contribution in [0.5, 0.6) is 0 Å². The lowest BCUT2D eigenvalue weighted by Crippen LogP contribution is -2.31. The molecule has 23 heavy (non-hydrogen) atoms. The molecule has 1 aliphatic rings. The Morgan fingerprint density at radius 3 is 2.74 bits per heavy atom. The molecule has 114 valence electrons. The van der Waals surface area contributed by atoms with Crippen LogP contribution in [0.2, 0.25) is 0 Å². The van der Waals surface area contributed by atoms with Gasteiger partial charge in [-0.05, 0) is 35.7 Å². The maximum Gasteiger partial charge on any atom is 0.212 e. The van der Waals surface area contributed by atoms with E-state index in [1.807, 2.05) is 68.1 Å². The van der Waals surface area contributed by atoms with Gasteiger partial charge in [-0.15, -0.1) is 0 Å². The predicted molar refractivity (Wildman–Crippen MR) is 93.2 cm³/mol. The number of rotatable bonds is 1. The van der Waals surface area contributed by atoms with Gasteiger partial charge in [0.1, 0.15) is 7.05 Å². The van der Waals surface area contributed by atoms with E-state index in [4.69, 9.17) is 4.11 Å². The van der Waals surface area contributed by atoms with Gasteiger partial charge >= 0.3 is 0 Å². The third-order valence-electron chi connectivity index (χ3n) is 4.80. The molecule has 0 amide bonds. The molecule has 2 aromatic heterocycles. The van der Waals surface area contributed by atoms with Crippen LogP contribution in [0.25, 0.3) is 22.4 Å². The number of aromatic nitrogens is 2. The number of pyridine rings is 2. The molecule has 0 N–H and O–H groups in total. The first kappa shape index (κ1) is 11.1. The second-order valence-electron chi connectivity index (χ2n) is 6.40. The van der Waals surface area contributed by atoms with Crippen molar-refractivity contribution in [2.24, 2.45) is 7.05 Å². The highest BCUT2D eigenvalue weighted by molar-refractivity contribution is 5.87. The molecule has 2 nitrogen and oxygen atoms in total. The Hall–Kier alpha value is -2.48. The fourth-order valence-corrected chi connectivity index (χ4v) is 3.70. The maximum absolute atomic E-state index is 8.36. The Kier molecular flexibility index (Phi) is 2.30. The zero-order valence-corrected chi connectivity index (χ0v) is 13.6. The fraction of sp³-hybridized carbons (Fsp3) is 0.238. The summed E-state index contributed by atoms with van der Waals surface area (Å²) in [5.74, 6) is 0. The van der Waals surface area contributed by atoms with Crippen molar-refractivity contribution in [2.75, 3.05) is 0 Å². The summed E-state index contributed by atoms with van der Waals surface area (Å²) in [5, 5.41) is 0. The van der Waals surface area contributed by atoms with E-state index in [-0.39, 0.29) is 0 Å². The molecule has 0 spiro atoms. The highest BCUT2D eigenvalue weighted by Crippen LogP contribution is 2.51. The van der Waals surface area contributed by atoms with Gasteiger partial charge in [-0.2, -0.15) is 0 Å². The molecule has 3 aromatic rings. The van der Waals surface area contributed by atoms with Crippen LogP contribution in [0.4, 0.5) is 0 Å². The summed E-state index contributed by atoms with van der Waals surface area (Å²) in [4.78, 5) is 4.51. The monoisotopic (exact) mass is 304 g/mol. The number of aryl methyl sites for hydroxylation is 2. The Labute approximate surface area is 141 Å². The van der Waals surface area contributed by atoms with Gasteiger partial charge in [0.2, 0.25) is 5.69 Å². The second kappa shape index (κ2) is 4.76. The van der Waals surface area contributed by atoms with Crippen molar-refractivity contribution < 1.29 is 8.68 Å². The molecule has 1 unspecified atom stereocenters. The second-order valence-corrected chi connectivity index (χ2v) is 6.40. The van der Waals surface area contributed by atoms with Crippen LogP contribution in [0, 0.1) is 6.92 Å². The van der Waals surface area contributed by atoms with Crippen LogP contribution in [0.1, 0.15) is 34.7 Å². The molecule has 4 rings (SSSR count). The van der Waals surface area contributed by atoms with Gasteiger partial charge < -0.3 is 0 Å². The maximum atomic E-state index is 8.36. The summed E-state index contributed by atoms with van der Waals surface area (Å²) in [7, 11) is 1.99. The molecule has 0 radical (unpaired) electrons. The minimum atomic E-state index is -2.21. The molecular formula is C21H21N2+. The van der Waals surface area contributed by atoms with Crippen LogP contribution in [-0.2, 0) is 12.5 Å². The summed E-state index contributed by atoms with van der Waals surface area (Å²) >= 11 is 0. The van der Waals surface area contributed by atoms with E-state index in [0.717, 1.165) is 33.5 Å². The van der Waals surface area contributed by atoms with Crippen LogP contribution in [-0.4, -0.2) is 4.98 Å². The lowest BCUT2D eigenvalue weighted by molar-refractivity contribution is -0.660. The third kappa shape index (κ3) is 1.88. The number of nitrogens with zero attached hydrogens (tertiary/aromatic N) is 2. The Morgan fingerprint density at radius 1 is 1.09 bits per heavy atom. The Balaban J connectivity index is 2.18. The minimum absolute atomic E-state index is 0.639. The number of fused-ring (bicyclic) bond motifs is 3. The van der Waals surface area contributed by atoms with Gasteiger partial charge in [-0.25, -0.2) is 4.57 Å². The minimum Gasteiger partial charge on any atom is -0.260 e. The van der Waals surface area contributed by atoms with E-state index in [2.05, 4.69) is 11.1 Å². The molecule has 2 heteroatoms. The average Bonchev–Trinajstić information content (AvgIpc) is 2.87. The number of benzene rings is 1. The highest BCUT2D eigenvalue weighted by atomic mass is 14.9. The van der Waals surface area contributed by atoms with Crippen molar-refractivity contribution in [3.05, 3.63) is 71.7 Å². The third-order valence-corrected chi connectivity index (χ3v) is 4.80. The van der Waals surface area contributed by atoms with Crippen LogP contribution < -0.4 is 4.57 Å². The summed E-state index contributed by atoms with van der Waals surface area (Å²) in [6.45, 7) is 1.64. The summed E-state index contributed by atoms with van der Waals surface area (Å²) in [6, 6.07) is 14.0. The van der Waals surface area contributed by atoms with Crippen LogP contribution >= 0.6 is 0 Å². The molecule has 2 heterocycles. The molecule has 1 aromatic carbocycles. The first-order chi connectivity index (χ1) is 12.3. The summed E-state index contributed by atoms with van der Waals surface area (Å²) in [6.07, 6.45) is 3.67. The van der Waals surface area contributed by atoms with E-state index < -0.39 is 12.3 Å². The van der Waals surface area contributed by atoms with Gasteiger partial charge in [0.25, 0.3) is 0 Å². The fourth-order valence-electron chi connectivity index (χ4n) is 3.70. The topological polar surface area (TPSA) is 16.8 Å². The van der Waals surface area contributed by atoms with E-state index in [9.17, 15) is 0 Å². The molecular weight excluding hydrogens is 280 g/mol. The number of hydrogen-bond acceptors (Lipinski definition) is 1. The van der Waals surface area contributed by atoms with E-state index in [1.54, 1.807) is 6.20 Å². The molecule has 1 aliphatic carbocycles. The van der Waals surface area contributed by atoms with Crippen molar-refractivity contribution >= 4 is 0 Å². The van der Waals surface area contributed by atoms with E-state index in [0.29, 0.717) is 5.69 Å². The lowest BCUT2D eigenvalue weighted by atomic mass is 9.80. The van der Waals surface area contributed by atoms with Crippen molar-refractivity contribution in [3.63, 3.8) is 0 Å². The van der Waals surface area contributed by atoms with Gasteiger partial charge in [0.05, 0.1) is 11.3 Å². The lowest BCUT2D eigenvalue weighted by Gasteiger charge is -2.23. The van der Waals surface area contributed by atoms with Gasteiger partial charge in [-0.3, -0.25) is 4.98 Å². The van der Waals surface area contributed by atoms with Gasteiger partial charge in [0, 0.05) is 33.4 Å². The van der Waals surface area contributed by atoms with Crippen molar-refractivity contribution in [3.8, 4) is 22.4 Å². The Morgan fingerprint density at radius 2 is 1.96 bits per heavy atom. The van der Waals surface area contributed by atoms with E-state index >= 15 is 0 Å². The van der Waals surface area contributed by atoms with Crippen molar-refractivity contribution in [1.82, 2.24) is 4.98 Å². The smallest absolute Gasteiger partial charge is 0.212 e. The quantitative estimate of drug-likeness (QED) is 0.616. The first-order valence-corrected chi connectivity index (χ1v) is 7.82. The van der Waals surface area contributed by atoms with Gasteiger partial charge in [0.15, 0.2) is 6.20 Å². The normalized spacial score (nSPS) is 21.1. The van der Waals surface area contributed by atoms with Crippen molar-refractivity contribution in [1.29, 1.82) is 0 Å². The SMILES string of the molecule is [2H]C([2H])([2H])C1(C)c2ncccc2-c2ccc(C)c(-c3cccc[n+]3C)c21. The molecule has 0 saturated carbocycles. The van der Waals surface area contributed by atoms with Gasteiger partial charge in [-0.1, -0.05) is 32.0 Å². The summed E-state index contributed by atoms with van der Waals surface area (Å²) < 4.78 is 27.1. The largest absolute Gasteiger partial charge is 0.260 e. The summed E-state index contributed by atoms with van der Waals surface area (Å²) in [5.41, 5.74) is 5.29. The molecule has 0 saturated heterocycles. The highest BCUT2D eigenvalue weighted by Gasteiger charge is 2.40. The first-order valence-electron chi connectivity index (χ1n) is 9.32. The molecule has 1 atom stereocenters. The molecule has 0 fully saturated rings. The average molecular weight is 304 g/mol. The van der Waals surface area contributed by atoms with Crippen LogP contribution in [0.15, 0.2) is 54.9 Å². The van der Waals surface area contributed by atoms with E-state index in [1.165, 1.54) is 0 Å². The molecule has 0 aliphatic heterocycles. The van der Waals surface area contributed by atoms with Crippen molar-refractivity contribution in [2.45, 2.75) is 26.1 Å².